The summed E-state index contributed by atoms with van der Waals surface area (Å²) in [5.74, 6) is -0.697. The Hall–Kier alpha value is -1.14. The number of nitrogens with zero attached hydrogens (tertiary/aromatic N) is 1. The molecular weight excluding hydrogens is 224 g/mol. The molecule has 0 radical (unpaired) electrons. The van der Waals surface area contributed by atoms with Crippen molar-refractivity contribution in [2.75, 3.05) is 32.8 Å². The molecule has 17 heavy (non-hydrogen) atoms. The lowest BCUT2D eigenvalue weighted by Gasteiger charge is -2.33. The van der Waals surface area contributed by atoms with Gasteiger partial charge in [-0.05, 0) is 25.4 Å². The number of ether oxygens (including phenoxy) is 1. The number of carbonyl (C=O) groups excluding carboxylic acids is 1. The molecule has 0 aromatic rings. The lowest BCUT2D eigenvalue weighted by molar-refractivity contribution is -0.158. The first-order valence-corrected chi connectivity index (χ1v) is 5.99. The van der Waals surface area contributed by atoms with Crippen LogP contribution in [0.25, 0.3) is 0 Å². The summed E-state index contributed by atoms with van der Waals surface area (Å²) in [6, 6.07) is -0.814. The SMILES string of the molecule is O=C(O)C1COCCN1C(=O)CC1CCNC1. The second-order valence-corrected chi connectivity index (χ2v) is 4.58. The Labute approximate surface area is 99.9 Å². The molecule has 0 bridgehead atoms. The molecule has 0 spiro atoms. The largest absolute Gasteiger partial charge is 0.480 e. The lowest BCUT2D eigenvalue weighted by atomic mass is 10.0. The molecule has 0 aromatic carbocycles. The van der Waals surface area contributed by atoms with Crippen LogP contribution in [0.1, 0.15) is 12.8 Å². The third-order valence-electron chi connectivity index (χ3n) is 3.36. The average molecular weight is 242 g/mol. The van der Waals surface area contributed by atoms with Gasteiger partial charge in [-0.15, -0.1) is 0 Å². The van der Waals surface area contributed by atoms with E-state index in [2.05, 4.69) is 5.32 Å². The molecule has 2 N–H and O–H groups in total. The molecule has 2 heterocycles. The highest BCUT2D eigenvalue weighted by Crippen LogP contribution is 2.16. The van der Waals surface area contributed by atoms with E-state index in [1.165, 1.54) is 4.90 Å². The van der Waals surface area contributed by atoms with E-state index in [4.69, 9.17) is 9.84 Å². The number of morpholine rings is 1. The Morgan fingerprint density at radius 1 is 1.47 bits per heavy atom. The van der Waals surface area contributed by atoms with Gasteiger partial charge in [-0.3, -0.25) is 4.79 Å². The van der Waals surface area contributed by atoms with E-state index in [1.54, 1.807) is 0 Å². The van der Waals surface area contributed by atoms with Gasteiger partial charge in [0.15, 0.2) is 6.04 Å². The van der Waals surface area contributed by atoms with Crippen molar-refractivity contribution in [3.8, 4) is 0 Å². The van der Waals surface area contributed by atoms with Crippen molar-refractivity contribution in [1.29, 1.82) is 0 Å². The van der Waals surface area contributed by atoms with E-state index in [0.717, 1.165) is 19.5 Å². The minimum atomic E-state index is -0.984. The summed E-state index contributed by atoms with van der Waals surface area (Å²) >= 11 is 0. The van der Waals surface area contributed by atoms with E-state index in [9.17, 15) is 9.59 Å². The first-order valence-electron chi connectivity index (χ1n) is 5.99. The first kappa shape index (κ1) is 12.3. The summed E-state index contributed by atoms with van der Waals surface area (Å²) in [5.41, 5.74) is 0. The molecule has 0 saturated carbocycles. The zero-order valence-electron chi connectivity index (χ0n) is 9.72. The van der Waals surface area contributed by atoms with Gasteiger partial charge in [-0.1, -0.05) is 0 Å². The predicted octanol–water partition coefficient (Wildman–Crippen LogP) is -0.702. The second-order valence-electron chi connectivity index (χ2n) is 4.58. The summed E-state index contributed by atoms with van der Waals surface area (Å²) in [4.78, 5) is 24.5. The van der Waals surface area contributed by atoms with Crippen LogP contribution < -0.4 is 5.32 Å². The Balaban J connectivity index is 1.93. The van der Waals surface area contributed by atoms with E-state index < -0.39 is 12.0 Å². The van der Waals surface area contributed by atoms with Crippen molar-refractivity contribution in [1.82, 2.24) is 10.2 Å². The van der Waals surface area contributed by atoms with Crippen LogP contribution in [0, 0.1) is 5.92 Å². The maximum atomic E-state index is 12.0. The van der Waals surface area contributed by atoms with Gasteiger partial charge >= 0.3 is 5.97 Å². The van der Waals surface area contributed by atoms with Crippen molar-refractivity contribution in [3.05, 3.63) is 0 Å². The Kier molecular flexibility index (Phi) is 3.96. The molecule has 2 aliphatic heterocycles. The number of carboxylic acid groups (broad SMARTS) is 1. The summed E-state index contributed by atoms with van der Waals surface area (Å²) in [6.45, 7) is 2.72. The lowest BCUT2D eigenvalue weighted by Crippen LogP contribution is -2.52. The van der Waals surface area contributed by atoms with Gasteiger partial charge in [-0.2, -0.15) is 0 Å². The second kappa shape index (κ2) is 5.46. The molecule has 96 valence electrons. The molecule has 2 atom stereocenters. The van der Waals surface area contributed by atoms with Crippen LogP contribution in [0.2, 0.25) is 0 Å². The van der Waals surface area contributed by atoms with E-state index in [-0.39, 0.29) is 12.5 Å². The minimum Gasteiger partial charge on any atom is -0.480 e. The first-order chi connectivity index (χ1) is 8.18. The number of nitrogens with one attached hydrogen (secondary N) is 1. The van der Waals surface area contributed by atoms with Crippen LogP contribution in [-0.2, 0) is 14.3 Å². The third-order valence-corrected chi connectivity index (χ3v) is 3.36. The van der Waals surface area contributed by atoms with E-state index >= 15 is 0 Å². The van der Waals surface area contributed by atoms with Gasteiger partial charge in [0.2, 0.25) is 5.91 Å². The topological polar surface area (TPSA) is 78.9 Å². The fourth-order valence-electron chi connectivity index (χ4n) is 2.36. The zero-order valence-corrected chi connectivity index (χ0v) is 9.72. The van der Waals surface area contributed by atoms with Crippen molar-refractivity contribution >= 4 is 11.9 Å². The van der Waals surface area contributed by atoms with Crippen LogP contribution >= 0.6 is 0 Å². The predicted molar refractivity (Wildman–Crippen MR) is 59.5 cm³/mol. The van der Waals surface area contributed by atoms with Gasteiger partial charge in [0, 0.05) is 13.0 Å². The number of amides is 1. The van der Waals surface area contributed by atoms with E-state index in [1.807, 2.05) is 0 Å². The highest BCUT2D eigenvalue weighted by atomic mass is 16.5. The quantitative estimate of drug-likeness (QED) is 0.684. The maximum Gasteiger partial charge on any atom is 0.328 e. The Morgan fingerprint density at radius 3 is 2.94 bits per heavy atom. The highest BCUT2D eigenvalue weighted by molar-refractivity contribution is 5.84. The number of carboxylic acids is 1. The fraction of sp³-hybridized carbons (Fsp3) is 0.818. The Morgan fingerprint density at radius 2 is 2.29 bits per heavy atom. The number of carbonyl (C=O) groups is 2. The minimum absolute atomic E-state index is 0.0607. The van der Waals surface area contributed by atoms with Crippen molar-refractivity contribution < 1.29 is 19.4 Å². The molecule has 1 amide bonds. The van der Waals surface area contributed by atoms with Gasteiger partial charge in [-0.25, -0.2) is 4.79 Å². The number of hydrogen-bond donors (Lipinski definition) is 2. The van der Waals surface area contributed by atoms with Crippen molar-refractivity contribution in [2.24, 2.45) is 5.92 Å². The molecule has 6 nitrogen and oxygen atoms in total. The van der Waals surface area contributed by atoms with Gasteiger partial charge in [0.05, 0.1) is 13.2 Å². The summed E-state index contributed by atoms with van der Waals surface area (Å²) in [7, 11) is 0. The summed E-state index contributed by atoms with van der Waals surface area (Å²) < 4.78 is 5.11. The van der Waals surface area contributed by atoms with Crippen LogP contribution in [0.15, 0.2) is 0 Å². The van der Waals surface area contributed by atoms with Crippen LogP contribution in [0.3, 0.4) is 0 Å². The molecule has 2 saturated heterocycles. The molecule has 6 heteroatoms. The Bertz CT molecular complexity index is 302. The molecule has 2 fully saturated rings. The molecule has 0 aromatic heterocycles. The normalized spacial score (nSPS) is 29.3. The highest BCUT2D eigenvalue weighted by Gasteiger charge is 2.33. The molecule has 0 aliphatic carbocycles. The average Bonchev–Trinajstić information content (AvgIpc) is 2.81. The van der Waals surface area contributed by atoms with Crippen LogP contribution in [0.4, 0.5) is 0 Å². The molecule has 2 unspecified atom stereocenters. The standard InChI is InChI=1S/C11H18N2O4/c14-10(5-8-1-2-12-6-8)13-3-4-17-7-9(13)11(15)16/h8-9,12H,1-7H2,(H,15,16). The molecular formula is C11H18N2O4. The number of aliphatic carboxylic acids is 1. The van der Waals surface area contributed by atoms with E-state index in [0.29, 0.717) is 25.5 Å². The summed E-state index contributed by atoms with van der Waals surface area (Å²) in [5, 5.41) is 12.2. The van der Waals surface area contributed by atoms with Crippen LogP contribution in [0.5, 0.6) is 0 Å². The van der Waals surface area contributed by atoms with Gasteiger partial charge < -0.3 is 20.1 Å². The number of hydrogen-bond acceptors (Lipinski definition) is 4. The maximum absolute atomic E-state index is 12.0. The summed E-state index contributed by atoms with van der Waals surface area (Å²) in [6.07, 6.45) is 1.44. The molecule has 2 rings (SSSR count). The van der Waals surface area contributed by atoms with Gasteiger partial charge in [0.25, 0.3) is 0 Å². The van der Waals surface area contributed by atoms with Crippen molar-refractivity contribution in [3.63, 3.8) is 0 Å². The smallest absolute Gasteiger partial charge is 0.328 e. The van der Waals surface area contributed by atoms with Gasteiger partial charge in [0.1, 0.15) is 0 Å². The molecule has 2 aliphatic rings. The van der Waals surface area contributed by atoms with Crippen LogP contribution in [-0.4, -0.2) is 60.8 Å². The monoisotopic (exact) mass is 242 g/mol. The zero-order chi connectivity index (χ0) is 12.3. The third kappa shape index (κ3) is 2.95. The van der Waals surface area contributed by atoms with Crippen molar-refractivity contribution in [2.45, 2.75) is 18.9 Å². The fourth-order valence-corrected chi connectivity index (χ4v) is 2.36. The number of rotatable bonds is 3.